The molecule has 15 heavy (non-hydrogen) atoms. The molecule has 78 valence electrons. The molecule has 0 aliphatic carbocycles. The van der Waals surface area contributed by atoms with Crippen LogP contribution in [0.4, 0.5) is 0 Å². The van der Waals surface area contributed by atoms with Crippen molar-refractivity contribution in [2.24, 2.45) is 0 Å². The van der Waals surface area contributed by atoms with Crippen molar-refractivity contribution in [2.75, 3.05) is 5.75 Å². The van der Waals surface area contributed by atoms with Gasteiger partial charge in [-0.25, -0.2) is 0 Å². The molecule has 1 atom stereocenters. The third-order valence-corrected chi connectivity index (χ3v) is 3.34. The number of carbonyl (C=O) groups is 1. The van der Waals surface area contributed by atoms with E-state index in [0.29, 0.717) is 11.3 Å². The quantitative estimate of drug-likeness (QED) is 0.717. The van der Waals surface area contributed by atoms with E-state index in [0.717, 1.165) is 10.6 Å². The van der Waals surface area contributed by atoms with Crippen LogP contribution in [0.5, 0.6) is 5.75 Å². The number of ether oxygens (including phenoxy) is 1. The molecule has 0 amide bonds. The molecule has 1 aromatic carbocycles. The second-order valence-corrected chi connectivity index (χ2v) is 4.57. The van der Waals surface area contributed by atoms with E-state index in [1.807, 2.05) is 24.3 Å². The number of hydrogen-bond donors (Lipinski definition) is 0. The maximum atomic E-state index is 11.7. The SMILES string of the molecule is C=C(C)C(=O)C1CSc2ccccc2O1. The Bertz CT molecular complexity index is 412. The minimum atomic E-state index is -0.373. The van der Waals surface area contributed by atoms with Gasteiger partial charge < -0.3 is 4.74 Å². The van der Waals surface area contributed by atoms with Gasteiger partial charge in [-0.3, -0.25) is 4.79 Å². The van der Waals surface area contributed by atoms with Gasteiger partial charge in [-0.05, 0) is 24.6 Å². The van der Waals surface area contributed by atoms with Crippen molar-refractivity contribution < 1.29 is 9.53 Å². The molecule has 2 rings (SSSR count). The first-order chi connectivity index (χ1) is 7.18. The number of para-hydroxylation sites is 1. The molecule has 2 nitrogen and oxygen atoms in total. The van der Waals surface area contributed by atoms with Gasteiger partial charge in [0.25, 0.3) is 0 Å². The minimum Gasteiger partial charge on any atom is -0.480 e. The van der Waals surface area contributed by atoms with E-state index < -0.39 is 0 Å². The van der Waals surface area contributed by atoms with Crippen LogP contribution in [-0.2, 0) is 4.79 Å². The van der Waals surface area contributed by atoms with Crippen LogP contribution in [0.3, 0.4) is 0 Å². The van der Waals surface area contributed by atoms with Gasteiger partial charge >= 0.3 is 0 Å². The van der Waals surface area contributed by atoms with Crippen molar-refractivity contribution >= 4 is 17.5 Å². The maximum absolute atomic E-state index is 11.7. The number of benzene rings is 1. The number of ketones is 1. The summed E-state index contributed by atoms with van der Waals surface area (Å²) in [7, 11) is 0. The van der Waals surface area contributed by atoms with E-state index in [2.05, 4.69) is 6.58 Å². The fraction of sp³-hybridized carbons (Fsp3) is 0.250. The zero-order valence-electron chi connectivity index (χ0n) is 8.53. The molecule has 0 spiro atoms. The summed E-state index contributed by atoms with van der Waals surface area (Å²) in [5, 5.41) is 0. The van der Waals surface area contributed by atoms with Gasteiger partial charge in [0, 0.05) is 10.6 Å². The van der Waals surface area contributed by atoms with Gasteiger partial charge in [0.1, 0.15) is 5.75 Å². The van der Waals surface area contributed by atoms with E-state index in [-0.39, 0.29) is 11.9 Å². The standard InChI is InChI=1S/C12H12O2S/c1-8(2)12(13)10-7-15-11-6-4-3-5-9(11)14-10/h3-6,10H,1,7H2,2H3. The molecule has 1 aliphatic rings. The van der Waals surface area contributed by atoms with E-state index in [1.165, 1.54) is 0 Å². The van der Waals surface area contributed by atoms with E-state index in [4.69, 9.17) is 4.74 Å². The lowest BCUT2D eigenvalue weighted by Gasteiger charge is -2.24. The fourth-order valence-electron chi connectivity index (χ4n) is 1.42. The van der Waals surface area contributed by atoms with Gasteiger partial charge in [0.05, 0.1) is 0 Å². The number of Topliss-reactive ketones (excluding diaryl/α,β-unsaturated/α-hetero) is 1. The maximum Gasteiger partial charge on any atom is 0.199 e. The lowest BCUT2D eigenvalue weighted by molar-refractivity contribution is -0.121. The van der Waals surface area contributed by atoms with Crippen molar-refractivity contribution in [3.63, 3.8) is 0 Å². The summed E-state index contributed by atoms with van der Waals surface area (Å²) in [6.07, 6.45) is -0.373. The second-order valence-electron chi connectivity index (χ2n) is 3.51. The highest BCUT2D eigenvalue weighted by atomic mass is 32.2. The molecule has 0 N–H and O–H groups in total. The lowest BCUT2D eigenvalue weighted by Crippen LogP contribution is -2.32. The monoisotopic (exact) mass is 220 g/mol. The second kappa shape index (κ2) is 4.11. The lowest BCUT2D eigenvalue weighted by atomic mass is 10.1. The Morgan fingerprint density at radius 1 is 1.53 bits per heavy atom. The molecule has 1 heterocycles. The van der Waals surface area contributed by atoms with Crippen LogP contribution in [0.25, 0.3) is 0 Å². The molecular weight excluding hydrogens is 208 g/mol. The summed E-state index contributed by atoms with van der Waals surface area (Å²) < 4.78 is 5.62. The van der Waals surface area contributed by atoms with E-state index in [1.54, 1.807) is 18.7 Å². The summed E-state index contributed by atoms with van der Waals surface area (Å²) in [5.41, 5.74) is 0.556. The van der Waals surface area contributed by atoms with Crippen LogP contribution in [0.15, 0.2) is 41.3 Å². The Hall–Kier alpha value is -1.22. The topological polar surface area (TPSA) is 26.3 Å². The largest absolute Gasteiger partial charge is 0.480 e. The summed E-state index contributed by atoms with van der Waals surface area (Å²) in [4.78, 5) is 12.8. The van der Waals surface area contributed by atoms with E-state index >= 15 is 0 Å². The number of carbonyl (C=O) groups excluding carboxylic acids is 1. The predicted octanol–water partition coefficient (Wildman–Crippen LogP) is 2.68. The summed E-state index contributed by atoms with van der Waals surface area (Å²) in [5.74, 6) is 1.47. The fourth-order valence-corrected chi connectivity index (χ4v) is 2.41. The van der Waals surface area contributed by atoms with Crippen molar-refractivity contribution in [1.29, 1.82) is 0 Å². The molecule has 1 aromatic rings. The highest BCUT2D eigenvalue weighted by molar-refractivity contribution is 7.99. The van der Waals surface area contributed by atoms with Crippen LogP contribution in [-0.4, -0.2) is 17.6 Å². The third-order valence-electron chi connectivity index (χ3n) is 2.22. The summed E-state index contributed by atoms with van der Waals surface area (Å²) in [6.45, 7) is 5.37. The third kappa shape index (κ3) is 2.07. The molecular formula is C12H12O2S. The summed E-state index contributed by atoms with van der Waals surface area (Å²) in [6, 6.07) is 7.77. The number of hydrogen-bond acceptors (Lipinski definition) is 3. The highest BCUT2D eigenvalue weighted by Crippen LogP contribution is 2.35. The Morgan fingerprint density at radius 3 is 3.00 bits per heavy atom. The summed E-state index contributed by atoms with van der Waals surface area (Å²) >= 11 is 1.66. The zero-order chi connectivity index (χ0) is 10.8. The number of fused-ring (bicyclic) bond motifs is 1. The van der Waals surface area contributed by atoms with Gasteiger partial charge in [0.15, 0.2) is 11.9 Å². The normalized spacial score (nSPS) is 18.9. The highest BCUT2D eigenvalue weighted by Gasteiger charge is 2.26. The zero-order valence-corrected chi connectivity index (χ0v) is 9.34. The van der Waals surface area contributed by atoms with E-state index in [9.17, 15) is 4.79 Å². The first kappa shape index (κ1) is 10.3. The minimum absolute atomic E-state index is 0.00277. The Labute approximate surface area is 93.3 Å². The first-order valence-electron chi connectivity index (χ1n) is 4.76. The molecule has 1 unspecified atom stereocenters. The average Bonchev–Trinajstić information content (AvgIpc) is 2.27. The van der Waals surface area contributed by atoms with Gasteiger partial charge in [0.2, 0.25) is 0 Å². The molecule has 0 fully saturated rings. The molecule has 0 saturated heterocycles. The molecule has 3 heteroatoms. The first-order valence-corrected chi connectivity index (χ1v) is 5.75. The van der Waals surface area contributed by atoms with Crippen LogP contribution < -0.4 is 4.74 Å². The van der Waals surface area contributed by atoms with Gasteiger partial charge in [-0.1, -0.05) is 18.7 Å². The van der Waals surface area contributed by atoms with Crippen molar-refractivity contribution in [2.45, 2.75) is 17.9 Å². The molecule has 0 saturated carbocycles. The number of thioether (sulfide) groups is 1. The van der Waals surface area contributed by atoms with Gasteiger partial charge in [-0.15, -0.1) is 11.8 Å². The van der Waals surface area contributed by atoms with Crippen molar-refractivity contribution in [1.82, 2.24) is 0 Å². The molecule has 0 bridgehead atoms. The molecule has 1 aliphatic heterocycles. The number of rotatable bonds is 2. The van der Waals surface area contributed by atoms with Crippen LogP contribution in [0, 0.1) is 0 Å². The smallest absolute Gasteiger partial charge is 0.199 e. The van der Waals surface area contributed by atoms with Crippen LogP contribution in [0.1, 0.15) is 6.92 Å². The van der Waals surface area contributed by atoms with Crippen molar-refractivity contribution in [3.8, 4) is 5.75 Å². The van der Waals surface area contributed by atoms with Gasteiger partial charge in [-0.2, -0.15) is 0 Å². The Morgan fingerprint density at radius 2 is 2.27 bits per heavy atom. The average molecular weight is 220 g/mol. The van der Waals surface area contributed by atoms with Crippen molar-refractivity contribution in [3.05, 3.63) is 36.4 Å². The van der Waals surface area contributed by atoms with Crippen LogP contribution in [0.2, 0.25) is 0 Å². The Kier molecular flexibility index (Phi) is 2.82. The molecule has 0 radical (unpaired) electrons. The molecule has 0 aromatic heterocycles. The van der Waals surface area contributed by atoms with Crippen LogP contribution >= 0.6 is 11.8 Å². The Balaban J connectivity index is 2.19. The predicted molar refractivity (Wildman–Crippen MR) is 61.4 cm³/mol.